The summed E-state index contributed by atoms with van der Waals surface area (Å²) in [4.78, 5) is 18.9. The van der Waals surface area contributed by atoms with Crippen molar-refractivity contribution in [2.24, 2.45) is 0 Å². The van der Waals surface area contributed by atoms with E-state index in [0.29, 0.717) is 16.8 Å². The SMILES string of the molecule is Nc1nc(-c2ccco2)c2cnn(C(=O)O)c2n1. The Kier molecular flexibility index (Phi) is 2.03. The molecule has 0 atom stereocenters. The molecular weight excluding hydrogens is 238 g/mol. The van der Waals surface area contributed by atoms with Crippen LogP contribution in [0.2, 0.25) is 0 Å². The van der Waals surface area contributed by atoms with Crippen LogP contribution in [0.3, 0.4) is 0 Å². The molecular formula is C10H7N5O3. The van der Waals surface area contributed by atoms with Gasteiger partial charge in [-0.3, -0.25) is 0 Å². The van der Waals surface area contributed by atoms with Crippen LogP contribution < -0.4 is 5.73 Å². The molecule has 0 amide bonds. The molecule has 0 radical (unpaired) electrons. The van der Waals surface area contributed by atoms with Gasteiger partial charge in [0.15, 0.2) is 11.4 Å². The molecule has 0 aliphatic heterocycles. The summed E-state index contributed by atoms with van der Waals surface area (Å²) in [6.07, 6.45) is 1.61. The van der Waals surface area contributed by atoms with Gasteiger partial charge in [-0.1, -0.05) is 0 Å². The van der Waals surface area contributed by atoms with Crippen molar-refractivity contribution in [1.29, 1.82) is 0 Å². The molecule has 0 spiro atoms. The highest BCUT2D eigenvalue weighted by Crippen LogP contribution is 2.26. The highest BCUT2D eigenvalue weighted by Gasteiger charge is 2.17. The number of fused-ring (bicyclic) bond motifs is 1. The summed E-state index contributed by atoms with van der Waals surface area (Å²) in [6.45, 7) is 0. The smallest absolute Gasteiger partial charge is 0.434 e. The Hall–Kier alpha value is -2.90. The van der Waals surface area contributed by atoms with Crippen molar-refractivity contribution in [2.75, 3.05) is 5.73 Å². The van der Waals surface area contributed by atoms with Crippen molar-refractivity contribution in [2.45, 2.75) is 0 Å². The number of carbonyl (C=O) groups is 1. The molecule has 3 heterocycles. The fraction of sp³-hybridized carbons (Fsp3) is 0. The first-order valence-electron chi connectivity index (χ1n) is 4.95. The summed E-state index contributed by atoms with van der Waals surface area (Å²) in [5.74, 6) is 0.427. The molecule has 8 heteroatoms. The molecule has 3 rings (SSSR count). The lowest BCUT2D eigenvalue weighted by Gasteiger charge is -2.00. The fourth-order valence-corrected chi connectivity index (χ4v) is 1.67. The van der Waals surface area contributed by atoms with Crippen molar-refractivity contribution in [3.63, 3.8) is 0 Å². The van der Waals surface area contributed by atoms with Gasteiger partial charge in [0.05, 0.1) is 17.8 Å². The van der Waals surface area contributed by atoms with Crippen LogP contribution in [0, 0.1) is 0 Å². The maximum atomic E-state index is 11.0. The van der Waals surface area contributed by atoms with Gasteiger partial charge < -0.3 is 15.3 Å². The van der Waals surface area contributed by atoms with E-state index in [2.05, 4.69) is 15.1 Å². The zero-order valence-electron chi connectivity index (χ0n) is 8.94. The molecule has 18 heavy (non-hydrogen) atoms. The van der Waals surface area contributed by atoms with Gasteiger partial charge in [-0.15, -0.1) is 4.68 Å². The number of furan rings is 1. The maximum Gasteiger partial charge on any atom is 0.434 e. The number of hydrogen-bond acceptors (Lipinski definition) is 6. The first-order chi connectivity index (χ1) is 8.66. The van der Waals surface area contributed by atoms with Crippen LogP contribution in [-0.4, -0.2) is 30.9 Å². The Morgan fingerprint density at radius 1 is 1.44 bits per heavy atom. The lowest BCUT2D eigenvalue weighted by atomic mass is 10.2. The average Bonchev–Trinajstić information content (AvgIpc) is 2.96. The van der Waals surface area contributed by atoms with Gasteiger partial charge in [-0.25, -0.2) is 9.78 Å². The van der Waals surface area contributed by atoms with Gasteiger partial charge in [0.25, 0.3) is 0 Å². The third-order valence-corrected chi connectivity index (χ3v) is 2.38. The average molecular weight is 245 g/mol. The molecule has 8 nitrogen and oxygen atoms in total. The largest absolute Gasteiger partial charge is 0.463 e. The first kappa shape index (κ1) is 10.3. The quantitative estimate of drug-likeness (QED) is 0.660. The Morgan fingerprint density at radius 2 is 2.28 bits per heavy atom. The molecule has 3 aromatic rings. The predicted molar refractivity (Wildman–Crippen MR) is 60.9 cm³/mol. The molecule has 3 N–H and O–H groups in total. The number of aromatic nitrogens is 4. The van der Waals surface area contributed by atoms with Crippen molar-refractivity contribution in [3.05, 3.63) is 24.6 Å². The lowest BCUT2D eigenvalue weighted by molar-refractivity contribution is 0.194. The highest BCUT2D eigenvalue weighted by molar-refractivity contribution is 5.93. The second-order valence-electron chi connectivity index (χ2n) is 3.48. The van der Waals surface area contributed by atoms with E-state index in [1.54, 1.807) is 12.1 Å². The molecule has 0 bridgehead atoms. The zero-order valence-corrected chi connectivity index (χ0v) is 8.94. The summed E-state index contributed by atoms with van der Waals surface area (Å²) >= 11 is 0. The highest BCUT2D eigenvalue weighted by atomic mass is 16.4. The molecule has 0 saturated heterocycles. The minimum Gasteiger partial charge on any atom is -0.463 e. The van der Waals surface area contributed by atoms with Crippen LogP contribution in [0.1, 0.15) is 0 Å². The summed E-state index contributed by atoms with van der Waals surface area (Å²) in [7, 11) is 0. The van der Waals surface area contributed by atoms with Crippen molar-refractivity contribution in [1.82, 2.24) is 19.7 Å². The second-order valence-corrected chi connectivity index (χ2v) is 3.48. The topological polar surface area (TPSA) is 120 Å². The molecule has 0 aromatic carbocycles. The Balaban J connectivity index is 2.36. The molecule has 3 aromatic heterocycles. The number of nitrogens with two attached hydrogens (primary N) is 1. The van der Waals surface area contributed by atoms with E-state index >= 15 is 0 Å². The molecule has 0 aliphatic carbocycles. The molecule has 0 saturated carbocycles. The van der Waals surface area contributed by atoms with Crippen LogP contribution in [-0.2, 0) is 0 Å². The van der Waals surface area contributed by atoms with Crippen LogP contribution in [0.25, 0.3) is 22.5 Å². The number of hydrogen-bond donors (Lipinski definition) is 2. The van der Waals surface area contributed by atoms with Gasteiger partial charge in [-0.2, -0.15) is 10.1 Å². The zero-order chi connectivity index (χ0) is 12.7. The van der Waals surface area contributed by atoms with E-state index in [9.17, 15) is 4.79 Å². The van der Waals surface area contributed by atoms with Crippen molar-refractivity contribution in [3.8, 4) is 11.5 Å². The number of nitrogen functional groups attached to an aromatic ring is 1. The predicted octanol–water partition coefficient (Wildman–Crippen LogP) is 1.19. The van der Waals surface area contributed by atoms with E-state index in [-0.39, 0.29) is 11.6 Å². The van der Waals surface area contributed by atoms with Crippen LogP contribution in [0.4, 0.5) is 10.7 Å². The molecule has 0 fully saturated rings. The van der Waals surface area contributed by atoms with Crippen LogP contribution >= 0.6 is 0 Å². The fourth-order valence-electron chi connectivity index (χ4n) is 1.67. The number of carboxylic acid groups (broad SMARTS) is 1. The summed E-state index contributed by atoms with van der Waals surface area (Å²) in [5, 5.41) is 13.1. The standard InChI is InChI=1S/C10H7N5O3/c11-9-13-7(6-2-1-3-18-6)5-4-12-15(10(16)17)8(5)14-9/h1-4H,(H,16,17)(H2,11,13,14). The van der Waals surface area contributed by atoms with E-state index in [0.717, 1.165) is 4.68 Å². The Bertz CT molecular complexity index is 731. The molecule has 0 aliphatic rings. The number of nitrogens with zero attached hydrogens (tertiary/aromatic N) is 4. The summed E-state index contributed by atoms with van der Waals surface area (Å²) in [5.41, 5.74) is 6.10. The van der Waals surface area contributed by atoms with Gasteiger partial charge >= 0.3 is 6.09 Å². The molecule has 90 valence electrons. The monoisotopic (exact) mass is 245 g/mol. The van der Waals surface area contributed by atoms with E-state index in [1.165, 1.54) is 12.5 Å². The van der Waals surface area contributed by atoms with E-state index in [4.69, 9.17) is 15.3 Å². The van der Waals surface area contributed by atoms with Gasteiger partial charge in [0, 0.05) is 0 Å². The van der Waals surface area contributed by atoms with E-state index < -0.39 is 6.09 Å². The minimum absolute atomic E-state index is 0.0445. The third kappa shape index (κ3) is 1.39. The number of anilines is 1. The maximum absolute atomic E-state index is 11.0. The van der Waals surface area contributed by atoms with Crippen molar-refractivity contribution < 1.29 is 14.3 Å². The number of rotatable bonds is 1. The first-order valence-corrected chi connectivity index (χ1v) is 4.95. The van der Waals surface area contributed by atoms with Gasteiger partial charge in [0.2, 0.25) is 5.95 Å². The molecule has 0 unspecified atom stereocenters. The summed E-state index contributed by atoms with van der Waals surface area (Å²) in [6, 6.07) is 3.39. The van der Waals surface area contributed by atoms with Gasteiger partial charge in [0.1, 0.15) is 5.69 Å². The second kappa shape index (κ2) is 3.55. The van der Waals surface area contributed by atoms with Crippen LogP contribution in [0.5, 0.6) is 0 Å². The van der Waals surface area contributed by atoms with Gasteiger partial charge in [-0.05, 0) is 12.1 Å². The lowest BCUT2D eigenvalue weighted by Crippen LogP contribution is -2.11. The summed E-state index contributed by atoms with van der Waals surface area (Å²) < 4.78 is 5.96. The third-order valence-electron chi connectivity index (χ3n) is 2.38. The van der Waals surface area contributed by atoms with E-state index in [1.807, 2.05) is 0 Å². The Labute approximate surface area is 99.7 Å². The normalized spacial score (nSPS) is 10.9. The van der Waals surface area contributed by atoms with Crippen molar-refractivity contribution >= 4 is 23.1 Å². The minimum atomic E-state index is -1.24. The van der Waals surface area contributed by atoms with Crippen LogP contribution in [0.15, 0.2) is 29.0 Å². The Morgan fingerprint density at radius 3 is 2.94 bits per heavy atom.